The first-order valence-electron chi connectivity index (χ1n) is 17.9. The van der Waals surface area contributed by atoms with Crippen LogP contribution in [0.25, 0.3) is 0 Å². The second-order valence-electron chi connectivity index (χ2n) is 16.1. The molecular formula is C35H52O14. The number of esters is 1. The zero-order valence-corrected chi connectivity index (χ0v) is 28.1. The Morgan fingerprint density at radius 3 is 2.37 bits per heavy atom. The molecule has 7 N–H and O–H groups in total. The molecule has 2 saturated heterocycles. The maximum Gasteiger partial charge on any atom is 0.331 e. The molecule has 0 bridgehead atoms. The van der Waals surface area contributed by atoms with Gasteiger partial charge in [0.15, 0.2) is 12.6 Å². The van der Waals surface area contributed by atoms with Gasteiger partial charge in [0, 0.05) is 24.3 Å². The van der Waals surface area contributed by atoms with Crippen molar-refractivity contribution < 1.29 is 69.0 Å². The second kappa shape index (κ2) is 12.8. The quantitative estimate of drug-likeness (QED) is 0.102. The maximum atomic E-state index is 13.2. The standard InChI is InChI=1S/C35H52O14/c1-17-30(49-31-29(42)28(41)27(40)24(14-36)48-31)23(38)12-26(46-17)47-19-3-8-33(16-37)21-4-7-32(2)20(18-11-25(39)45-15-18)6-10-35(32,44)22(21)5-9-34(33,43)13-19/h11,16-17,19-24,26-31,36,38,40-44H,3-10,12-15H2,1-2H3/t17-,19+,20-,21+,22-,23-,24+,26+,27-,28-,29-,30-,31-,32-,33+,34+,35+/m1/s1. The average Bonchev–Trinajstić information content (AvgIpc) is 3.61. The Morgan fingerprint density at radius 2 is 1.69 bits per heavy atom. The van der Waals surface area contributed by atoms with Gasteiger partial charge in [-0.05, 0) is 81.6 Å². The molecule has 4 saturated carbocycles. The molecule has 0 spiro atoms. The van der Waals surface area contributed by atoms with E-state index in [-0.39, 0.29) is 43.2 Å². The van der Waals surface area contributed by atoms with E-state index in [1.54, 1.807) is 13.0 Å². The topological polar surface area (TPSA) is 222 Å². The molecule has 6 fully saturated rings. The van der Waals surface area contributed by atoms with Crippen LogP contribution in [-0.4, -0.2) is 134 Å². The number of aldehydes is 1. The number of carbonyl (C=O) groups excluding carboxylic acids is 2. The Labute approximate surface area is 285 Å². The van der Waals surface area contributed by atoms with E-state index in [4.69, 9.17) is 23.7 Å². The molecule has 3 heterocycles. The van der Waals surface area contributed by atoms with Gasteiger partial charge in [0.2, 0.25) is 0 Å². The highest BCUT2D eigenvalue weighted by Crippen LogP contribution is 2.70. The lowest BCUT2D eigenvalue weighted by Crippen LogP contribution is -2.69. The van der Waals surface area contributed by atoms with Crippen LogP contribution in [0.4, 0.5) is 0 Å². The van der Waals surface area contributed by atoms with E-state index >= 15 is 0 Å². The van der Waals surface area contributed by atoms with Crippen molar-refractivity contribution in [2.24, 2.45) is 28.6 Å². The smallest absolute Gasteiger partial charge is 0.331 e. The number of aliphatic hydroxyl groups excluding tert-OH is 5. The number of hydrogen-bond donors (Lipinski definition) is 7. The highest BCUT2D eigenvalue weighted by Gasteiger charge is 2.71. The van der Waals surface area contributed by atoms with Crippen molar-refractivity contribution in [3.8, 4) is 0 Å². The Morgan fingerprint density at radius 1 is 0.939 bits per heavy atom. The predicted molar refractivity (Wildman–Crippen MR) is 166 cm³/mol. The van der Waals surface area contributed by atoms with Gasteiger partial charge in [-0.1, -0.05) is 6.92 Å². The molecule has 0 unspecified atom stereocenters. The van der Waals surface area contributed by atoms with Gasteiger partial charge < -0.3 is 64.2 Å². The number of rotatable bonds is 7. The first kappa shape index (κ1) is 35.8. The fourth-order valence-corrected chi connectivity index (χ4v) is 11.3. The van der Waals surface area contributed by atoms with E-state index in [2.05, 4.69) is 6.92 Å². The molecule has 276 valence electrons. The molecule has 3 aliphatic heterocycles. The van der Waals surface area contributed by atoms with Crippen LogP contribution in [0.3, 0.4) is 0 Å². The van der Waals surface area contributed by atoms with Gasteiger partial charge in [0.1, 0.15) is 43.4 Å². The van der Waals surface area contributed by atoms with Crippen molar-refractivity contribution in [2.45, 2.75) is 151 Å². The van der Waals surface area contributed by atoms with Gasteiger partial charge in [-0.3, -0.25) is 0 Å². The summed E-state index contributed by atoms with van der Waals surface area (Å²) in [6.45, 7) is 3.42. The fourth-order valence-electron chi connectivity index (χ4n) is 11.3. The van der Waals surface area contributed by atoms with Gasteiger partial charge in [-0.2, -0.15) is 0 Å². The molecule has 49 heavy (non-hydrogen) atoms. The largest absolute Gasteiger partial charge is 0.458 e. The first-order valence-corrected chi connectivity index (χ1v) is 17.9. The van der Waals surface area contributed by atoms with Gasteiger partial charge in [-0.25, -0.2) is 4.79 Å². The summed E-state index contributed by atoms with van der Waals surface area (Å²) in [5.41, 5.74) is -2.94. The van der Waals surface area contributed by atoms with E-state index in [0.717, 1.165) is 18.3 Å². The molecule has 14 heteroatoms. The molecule has 0 aromatic rings. The Hall–Kier alpha value is -1.56. The SMILES string of the molecule is C[C@H]1O[C@@H](O[C@H]2CC[C@]3(C=O)[C@H]4CC[C@]5(C)[C@@H](C6=CC(=O)OC6)CC[C@]5(O)[C@@H]4CC[C@]3(O)C2)C[C@@H](O)[C@@H]1O[C@H]1O[C@@H](CO)[C@@H](O)[C@@H](O)[C@H]1O. The Kier molecular flexibility index (Phi) is 9.38. The van der Waals surface area contributed by atoms with Crippen molar-refractivity contribution >= 4 is 12.3 Å². The van der Waals surface area contributed by atoms with Crippen molar-refractivity contribution in [2.75, 3.05) is 13.2 Å². The molecule has 7 rings (SSSR count). The fraction of sp³-hybridized carbons (Fsp3) is 0.886. The highest BCUT2D eigenvalue weighted by molar-refractivity contribution is 5.85. The summed E-state index contributed by atoms with van der Waals surface area (Å²) in [7, 11) is 0. The predicted octanol–water partition coefficient (Wildman–Crippen LogP) is -0.397. The van der Waals surface area contributed by atoms with E-state index < -0.39 is 90.1 Å². The van der Waals surface area contributed by atoms with Crippen LogP contribution in [0.1, 0.15) is 78.1 Å². The lowest BCUT2D eigenvalue weighted by Gasteiger charge is -2.65. The minimum atomic E-state index is -1.62. The van der Waals surface area contributed by atoms with E-state index in [0.29, 0.717) is 44.9 Å². The van der Waals surface area contributed by atoms with Crippen molar-refractivity contribution in [3.63, 3.8) is 0 Å². The summed E-state index contributed by atoms with van der Waals surface area (Å²) >= 11 is 0. The minimum Gasteiger partial charge on any atom is -0.458 e. The van der Waals surface area contributed by atoms with Crippen LogP contribution >= 0.6 is 0 Å². The third kappa shape index (κ3) is 5.47. The lowest BCUT2D eigenvalue weighted by atomic mass is 9.41. The Bertz CT molecular complexity index is 1300. The summed E-state index contributed by atoms with van der Waals surface area (Å²) in [4.78, 5) is 25.0. The number of aliphatic hydroxyl groups is 7. The van der Waals surface area contributed by atoms with Crippen molar-refractivity contribution in [1.82, 2.24) is 0 Å². The van der Waals surface area contributed by atoms with E-state index in [1.165, 1.54) is 0 Å². The normalized spacial score (nSPS) is 54.3. The van der Waals surface area contributed by atoms with Crippen LogP contribution in [0.5, 0.6) is 0 Å². The lowest BCUT2D eigenvalue weighted by molar-refractivity contribution is -0.345. The van der Waals surface area contributed by atoms with E-state index in [9.17, 15) is 45.3 Å². The summed E-state index contributed by atoms with van der Waals surface area (Å²) in [5, 5.41) is 75.9. The Balaban J connectivity index is 1.00. The van der Waals surface area contributed by atoms with E-state index in [1.807, 2.05) is 0 Å². The van der Waals surface area contributed by atoms with Gasteiger partial charge in [-0.15, -0.1) is 0 Å². The van der Waals surface area contributed by atoms with Crippen molar-refractivity contribution in [3.05, 3.63) is 11.6 Å². The molecule has 0 radical (unpaired) electrons. The number of carbonyl (C=O) groups is 2. The molecule has 0 amide bonds. The molecule has 14 nitrogen and oxygen atoms in total. The highest BCUT2D eigenvalue weighted by atomic mass is 16.7. The average molecular weight is 697 g/mol. The van der Waals surface area contributed by atoms with Crippen LogP contribution in [0.15, 0.2) is 11.6 Å². The van der Waals surface area contributed by atoms with Crippen molar-refractivity contribution in [1.29, 1.82) is 0 Å². The molecule has 17 atom stereocenters. The number of cyclic esters (lactones) is 1. The van der Waals surface area contributed by atoms with Gasteiger partial charge in [0.25, 0.3) is 0 Å². The summed E-state index contributed by atoms with van der Waals surface area (Å²) in [6, 6.07) is 0. The second-order valence-corrected chi connectivity index (χ2v) is 16.1. The molecule has 4 aliphatic carbocycles. The maximum absolute atomic E-state index is 13.2. The van der Waals surface area contributed by atoms with Crippen LogP contribution in [-0.2, 0) is 33.3 Å². The number of hydrogen-bond acceptors (Lipinski definition) is 14. The third-order valence-electron chi connectivity index (χ3n) is 14.0. The minimum absolute atomic E-state index is 0.00470. The summed E-state index contributed by atoms with van der Waals surface area (Å²) < 4.78 is 28.9. The van der Waals surface area contributed by atoms with Crippen LogP contribution in [0, 0.1) is 28.6 Å². The third-order valence-corrected chi connectivity index (χ3v) is 14.0. The first-order chi connectivity index (χ1) is 23.2. The zero-order chi connectivity index (χ0) is 35.1. The molecule has 0 aromatic heterocycles. The van der Waals surface area contributed by atoms with Crippen LogP contribution in [0.2, 0.25) is 0 Å². The van der Waals surface area contributed by atoms with Gasteiger partial charge >= 0.3 is 5.97 Å². The molecule has 0 aromatic carbocycles. The zero-order valence-electron chi connectivity index (χ0n) is 28.1. The number of ether oxygens (including phenoxy) is 5. The van der Waals surface area contributed by atoms with Gasteiger partial charge in [0.05, 0.1) is 41.5 Å². The number of fused-ring (bicyclic) bond motifs is 5. The summed E-state index contributed by atoms with van der Waals surface area (Å²) in [6.07, 6.45) is -4.38. The summed E-state index contributed by atoms with van der Waals surface area (Å²) in [5.74, 6) is -0.688. The molecule has 7 aliphatic rings. The van der Waals surface area contributed by atoms with Crippen LogP contribution < -0.4 is 0 Å². The molecular weight excluding hydrogens is 644 g/mol. The monoisotopic (exact) mass is 696 g/mol.